The van der Waals surface area contributed by atoms with Gasteiger partial charge in [0.1, 0.15) is 6.61 Å². The molecule has 0 unspecified atom stereocenters. The smallest absolute Gasteiger partial charge is 0.410 e. The number of hydrogen-bond acceptors (Lipinski definition) is 3. The summed E-state index contributed by atoms with van der Waals surface area (Å²) >= 11 is 0. The van der Waals surface area contributed by atoms with Crippen LogP contribution >= 0.6 is 0 Å². The standard InChI is InChI=1S/C19H23NO4/c21-16(22)19-11-18(12-19,13-19)15-6-8-20(9-7-15)17(23)24-10-14-4-2-1-3-5-14/h1-5,15H,6-13H2,(H,21,22). The van der Waals surface area contributed by atoms with E-state index in [1.807, 2.05) is 30.3 Å². The van der Waals surface area contributed by atoms with Crippen molar-refractivity contribution in [3.8, 4) is 0 Å². The van der Waals surface area contributed by atoms with E-state index in [1.165, 1.54) is 0 Å². The van der Waals surface area contributed by atoms with Gasteiger partial charge in [0, 0.05) is 13.1 Å². The van der Waals surface area contributed by atoms with Crippen molar-refractivity contribution >= 4 is 12.1 Å². The second kappa shape index (κ2) is 5.50. The molecule has 5 rings (SSSR count). The summed E-state index contributed by atoms with van der Waals surface area (Å²) in [6.07, 6.45) is 4.23. The predicted molar refractivity (Wildman–Crippen MR) is 87.3 cm³/mol. The van der Waals surface area contributed by atoms with Crippen LogP contribution in [0, 0.1) is 16.7 Å². The quantitative estimate of drug-likeness (QED) is 0.920. The molecule has 3 saturated carbocycles. The summed E-state index contributed by atoms with van der Waals surface area (Å²) in [5.74, 6) is -0.0526. The maximum absolute atomic E-state index is 12.2. The van der Waals surface area contributed by atoms with E-state index < -0.39 is 11.4 Å². The zero-order chi connectivity index (χ0) is 16.8. The van der Waals surface area contributed by atoms with E-state index in [0.717, 1.165) is 50.8 Å². The van der Waals surface area contributed by atoms with Crippen molar-refractivity contribution in [1.29, 1.82) is 0 Å². The molecule has 1 aliphatic heterocycles. The molecule has 1 N–H and O–H groups in total. The number of carboxylic acids is 1. The van der Waals surface area contributed by atoms with E-state index in [-0.39, 0.29) is 11.5 Å². The predicted octanol–water partition coefficient (Wildman–Crippen LogP) is 3.29. The van der Waals surface area contributed by atoms with Gasteiger partial charge in [-0.25, -0.2) is 4.79 Å². The number of aliphatic carboxylic acids is 1. The average Bonchev–Trinajstić information content (AvgIpc) is 2.51. The van der Waals surface area contributed by atoms with Crippen LogP contribution in [0.15, 0.2) is 30.3 Å². The van der Waals surface area contributed by atoms with Crippen LogP contribution in [0.2, 0.25) is 0 Å². The molecule has 1 saturated heterocycles. The molecule has 0 radical (unpaired) electrons. The summed E-state index contributed by atoms with van der Waals surface area (Å²) in [4.78, 5) is 25.2. The number of hydrogen-bond donors (Lipinski definition) is 1. The van der Waals surface area contributed by atoms with E-state index in [9.17, 15) is 14.7 Å². The highest BCUT2D eigenvalue weighted by molar-refractivity contribution is 5.79. The third-order valence-corrected chi connectivity index (χ3v) is 6.35. The summed E-state index contributed by atoms with van der Waals surface area (Å²) < 4.78 is 5.40. The molecule has 5 nitrogen and oxygen atoms in total. The van der Waals surface area contributed by atoms with Gasteiger partial charge < -0.3 is 14.7 Å². The molecule has 24 heavy (non-hydrogen) atoms. The summed E-state index contributed by atoms with van der Waals surface area (Å²) in [5, 5.41) is 9.24. The van der Waals surface area contributed by atoms with Crippen molar-refractivity contribution in [2.24, 2.45) is 16.7 Å². The lowest BCUT2D eigenvalue weighted by Gasteiger charge is -2.71. The summed E-state index contributed by atoms with van der Waals surface area (Å²) in [7, 11) is 0. The van der Waals surface area contributed by atoms with Gasteiger partial charge in [0.25, 0.3) is 0 Å². The van der Waals surface area contributed by atoms with Crippen LogP contribution in [-0.4, -0.2) is 35.2 Å². The maximum atomic E-state index is 12.2. The van der Waals surface area contributed by atoms with Crippen molar-refractivity contribution in [3.63, 3.8) is 0 Å². The van der Waals surface area contributed by atoms with Crippen LogP contribution in [0.25, 0.3) is 0 Å². The highest BCUT2D eigenvalue weighted by atomic mass is 16.6. The van der Waals surface area contributed by atoms with Gasteiger partial charge in [-0.05, 0) is 49.0 Å². The molecule has 4 fully saturated rings. The number of nitrogens with zero attached hydrogens (tertiary/aromatic N) is 1. The molecular weight excluding hydrogens is 306 g/mol. The Kier molecular flexibility index (Phi) is 3.55. The lowest BCUT2D eigenvalue weighted by atomic mass is 9.31. The van der Waals surface area contributed by atoms with Gasteiger partial charge in [0.05, 0.1) is 5.41 Å². The molecule has 5 heteroatoms. The summed E-state index contributed by atoms with van der Waals surface area (Å²) in [5.41, 5.74) is 0.859. The lowest BCUT2D eigenvalue weighted by molar-refractivity contribution is -0.247. The monoisotopic (exact) mass is 329 g/mol. The Bertz CT molecular complexity index is 629. The molecule has 1 aromatic rings. The number of ether oxygens (including phenoxy) is 1. The number of carbonyl (C=O) groups excluding carboxylic acids is 1. The van der Waals surface area contributed by atoms with Gasteiger partial charge in [-0.1, -0.05) is 30.3 Å². The minimum absolute atomic E-state index is 0.239. The first-order chi connectivity index (χ1) is 11.5. The third-order valence-electron chi connectivity index (χ3n) is 6.35. The van der Waals surface area contributed by atoms with E-state index in [0.29, 0.717) is 12.5 Å². The average molecular weight is 329 g/mol. The Morgan fingerprint density at radius 3 is 2.33 bits per heavy atom. The molecule has 3 aliphatic carbocycles. The number of rotatable bonds is 4. The fourth-order valence-electron chi connectivity index (χ4n) is 5.01. The van der Waals surface area contributed by atoms with Crippen molar-refractivity contribution in [2.75, 3.05) is 13.1 Å². The SMILES string of the molecule is O=C(OCc1ccccc1)N1CCC(C23CC(C(=O)O)(C2)C3)CC1. The Labute approximate surface area is 141 Å². The molecule has 1 aromatic carbocycles. The maximum Gasteiger partial charge on any atom is 0.410 e. The number of piperidine rings is 1. The fourth-order valence-corrected chi connectivity index (χ4v) is 5.01. The molecule has 2 bridgehead atoms. The first kappa shape index (κ1) is 15.5. The Balaban J connectivity index is 1.24. The Morgan fingerprint density at radius 2 is 1.75 bits per heavy atom. The minimum atomic E-state index is -0.619. The molecule has 0 aromatic heterocycles. The molecule has 1 heterocycles. The van der Waals surface area contributed by atoms with Crippen molar-refractivity contribution in [2.45, 2.75) is 38.7 Å². The molecule has 128 valence electrons. The number of amides is 1. The van der Waals surface area contributed by atoms with Crippen LogP contribution in [0.4, 0.5) is 4.79 Å². The number of benzene rings is 1. The van der Waals surface area contributed by atoms with Gasteiger partial charge in [-0.3, -0.25) is 4.79 Å². The molecule has 4 aliphatic rings. The number of carboxylic acid groups (broad SMARTS) is 1. The molecular formula is C19H23NO4. The second-order valence-electron chi connectivity index (χ2n) is 7.78. The first-order valence-corrected chi connectivity index (χ1v) is 8.72. The van der Waals surface area contributed by atoms with Crippen LogP contribution < -0.4 is 0 Å². The highest BCUT2D eigenvalue weighted by Gasteiger charge is 2.73. The number of carbonyl (C=O) groups is 2. The Morgan fingerprint density at radius 1 is 1.12 bits per heavy atom. The van der Waals surface area contributed by atoms with Gasteiger partial charge in [0.15, 0.2) is 0 Å². The summed E-state index contributed by atoms with van der Waals surface area (Å²) in [6.45, 7) is 1.75. The van der Waals surface area contributed by atoms with Crippen LogP contribution in [0.5, 0.6) is 0 Å². The van der Waals surface area contributed by atoms with Gasteiger partial charge in [-0.2, -0.15) is 0 Å². The van der Waals surface area contributed by atoms with E-state index >= 15 is 0 Å². The molecule has 1 amide bonds. The highest BCUT2D eigenvalue weighted by Crippen LogP contribution is 2.77. The van der Waals surface area contributed by atoms with Crippen molar-refractivity contribution in [3.05, 3.63) is 35.9 Å². The van der Waals surface area contributed by atoms with Crippen LogP contribution in [0.1, 0.15) is 37.7 Å². The van der Waals surface area contributed by atoms with E-state index in [4.69, 9.17) is 4.74 Å². The minimum Gasteiger partial charge on any atom is -0.481 e. The summed E-state index contributed by atoms with van der Waals surface area (Å²) in [6, 6.07) is 9.70. The molecule has 0 spiro atoms. The van der Waals surface area contributed by atoms with Crippen LogP contribution in [-0.2, 0) is 16.1 Å². The zero-order valence-corrected chi connectivity index (χ0v) is 13.7. The third kappa shape index (κ3) is 2.38. The van der Waals surface area contributed by atoms with Gasteiger partial charge in [-0.15, -0.1) is 0 Å². The zero-order valence-electron chi connectivity index (χ0n) is 13.7. The van der Waals surface area contributed by atoms with Gasteiger partial charge >= 0.3 is 12.1 Å². The largest absolute Gasteiger partial charge is 0.481 e. The Hall–Kier alpha value is -2.04. The first-order valence-electron chi connectivity index (χ1n) is 8.72. The normalized spacial score (nSPS) is 31.8. The topological polar surface area (TPSA) is 66.8 Å². The van der Waals surface area contributed by atoms with E-state index in [1.54, 1.807) is 4.90 Å². The van der Waals surface area contributed by atoms with E-state index in [2.05, 4.69) is 0 Å². The van der Waals surface area contributed by atoms with Gasteiger partial charge in [0.2, 0.25) is 0 Å². The fraction of sp³-hybridized carbons (Fsp3) is 0.579. The van der Waals surface area contributed by atoms with Crippen molar-refractivity contribution < 1.29 is 19.4 Å². The van der Waals surface area contributed by atoms with Crippen molar-refractivity contribution in [1.82, 2.24) is 4.90 Å². The van der Waals surface area contributed by atoms with Crippen LogP contribution in [0.3, 0.4) is 0 Å². The molecule has 0 atom stereocenters. The second-order valence-corrected chi connectivity index (χ2v) is 7.78. The number of likely N-dealkylation sites (tertiary alicyclic amines) is 1. The lowest BCUT2D eigenvalue weighted by Crippen LogP contribution is -2.68.